The lowest BCUT2D eigenvalue weighted by Crippen LogP contribution is -2.44. The number of hydrogen-bond acceptors (Lipinski definition) is 5. The predicted octanol–water partition coefficient (Wildman–Crippen LogP) is 0.486. The molecule has 2 aliphatic rings. The summed E-state index contributed by atoms with van der Waals surface area (Å²) >= 11 is 0. The minimum absolute atomic E-state index is 1.02. The van der Waals surface area contributed by atoms with Crippen molar-refractivity contribution in [3.8, 4) is 0 Å². The normalized spacial score (nSPS) is 20.9. The summed E-state index contributed by atoms with van der Waals surface area (Å²) < 4.78 is 0. The molecule has 0 aliphatic carbocycles. The number of nitrogens with one attached hydrogen (secondary N) is 1. The van der Waals surface area contributed by atoms with Crippen LogP contribution in [0.15, 0.2) is 12.4 Å². The van der Waals surface area contributed by atoms with E-state index in [4.69, 9.17) is 4.98 Å². The summed E-state index contributed by atoms with van der Waals surface area (Å²) in [6.45, 7) is 6.38. The third-order valence-corrected chi connectivity index (χ3v) is 3.48. The number of rotatable bonds is 2. The number of piperazine rings is 1. The molecule has 0 atom stereocenters. The van der Waals surface area contributed by atoms with Crippen LogP contribution in [0.3, 0.4) is 0 Å². The highest BCUT2D eigenvalue weighted by Crippen LogP contribution is 2.20. The van der Waals surface area contributed by atoms with E-state index in [2.05, 4.69) is 20.1 Å². The second-order valence-electron chi connectivity index (χ2n) is 4.67. The van der Waals surface area contributed by atoms with E-state index in [0.29, 0.717) is 0 Å². The molecule has 0 radical (unpaired) electrons. The molecule has 1 N–H and O–H groups in total. The van der Waals surface area contributed by atoms with Crippen LogP contribution in [0.1, 0.15) is 12.8 Å². The quantitative estimate of drug-likeness (QED) is 0.805. The third kappa shape index (κ3) is 2.34. The molecule has 3 rings (SSSR count). The fourth-order valence-corrected chi connectivity index (χ4v) is 2.49. The number of aromatic nitrogens is 2. The lowest BCUT2D eigenvalue weighted by atomic mass is 10.3. The van der Waals surface area contributed by atoms with Gasteiger partial charge in [-0.25, -0.2) is 4.98 Å². The highest BCUT2D eigenvalue weighted by Gasteiger charge is 2.16. The van der Waals surface area contributed by atoms with Crippen LogP contribution in [0, 0.1) is 0 Å². The van der Waals surface area contributed by atoms with Crippen molar-refractivity contribution in [2.45, 2.75) is 12.8 Å². The van der Waals surface area contributed by atoms with Gasteiger partial charge in [-0.15, -0.1) is 0 Å². The van der Waals surface area contributed by atoms with Crippen LogP contribution >= 0.6 is 0 Å². The summed E-state index contributed by atoms with van der Waals surface area (Å²) in [6, 6.07) is 0. The molecule has 0 unspecified atom stereocenters. The van der Waals surface area contributed by atoms with E-state index in [-0.39, 0.29) is 0 Å². The largest absolute Gasteiger partial charge is 0.355 e. The second kappa shape index (κ2) is 4.87. The first-order valence-electron chi connectivity index (χ1n) is 6.46. The van der Waals surface area contributed by atoms with Crippen molar-refractivity contribution in [2.24, 2.45) is 0 Å². The van der Waals surface area contributed by atoms with Crippen LogP contribution in [0.4, 0.5) is 11.6 Å². The van der Waals surface area contributed by atoms with E-state index >= 15 is 0 Å². The van der Waals surface area contributed by atoms with Crippen molar-refractivity contribution in [1.82, 2.24) is 15.3 Å². The molecule has 1 aromatic heterocycles. The number of nitrogens with zero attached hydrogens (tertiary/aromatic N) is 4. The zero-order valence-corrected chi connectivity index (χ0v) is 10.1. The molecule has 2 saturated heterocycles. The van der Waals surface area contributed by atoms with Crippen molar-refractivity contribution in [1.29, 1.82) is 0 Å². The van der Waals surface area contributed by atoms with Gasteiger partial charge in [0.25, 0.3) is 0 Å². The zero-order valence-electron chi connectivity index (χ0n) is 10.1. The summed E-state index contributed by atoms with van der Waals surface area (Å²) in [7, 11) is 0. The summed E-state index contributed by atoms with van der Waals surface area (Å²) in [5.41, 5.74) is 0. The van der Waals surface area contributed by atoms with Gasteiger partial charge >= 0.3 is 0 Å². The Labute approximate surface area is 102 Å². The Morgan fingerprint density at radius 1 is 0.882 bits per heavy atom. The maximum atomic E-state index is 4.74. The molecule has 5 heteroatoms. The molecule has 2 fully saturated rings. The predicted molar refractivity (Wildman–Crippen MR) is 68.6 cm³/mol. The number of anilines is 2. The SMILES string of the molecule is c1ncc(N2CCNCC2)nc1N1CCCC1. The number of hydrogen-bond donors (Lipinski definition) is 1. The van der Waals surface area contributed by atoms with E-state index in [1.54, 1.807) is 0 Å². The lowest BCUT2D eigenvalue weighted by Gasteiger charge is -2.28. The van der Waals surface area contributed by atoms with Crippen LogP contribution in [-0.2, 0) is 0 Å². The molecule has 0 spiro atoms. The fraction of sp³-hybridized carbons (Fsp3) is 0.667. The van der Waals surface area contributed by atoms with Crippen molar-refractivity contribution in [3.05, 3.63) is 12.4 Å². The zero-order chi connectivity index (χ0) is 11.5. The second-order valence-corrected chi connectivity index (χ2v) is 4.67. The summed E-state index contributed by atoms with van der Waals surface area (Å²) in [5, 5.41) is 3.35. The standard InChI is InChI=1S/C12H19N5/c1-2-6-16(5-1)11-9-14-10-12(15-11)17-7-3-13-4-8-17/h9-10,13H,1-8H2. The highest BCUT2D eigenvalue weighted by atomic mass is 15.3. The summed E-state index contributed by atoms with van der Waals surface area (Å²) in [6.07, 6.45) is 6.32. The smallest absolute Gasteiger partial charge is 0.149 e. The molecule has 0 bridgehead atoms. The highest BCUT2D eigenvalue weighted by molar-refractivity contribution is 5.46. The average Bonchev–Trinajstić information content (AvgIpc) is 2.94. The molecule has 0 amide bonds. The van der Waals surface area contributed by atoms with Crippen molar-refractivity contribution in [2.75, 3.05) is 49.1 Å². The molecule has 17 heavy (non-hydrogen) atoms. The summed E-state index contributed by atoms with van der Waals surface area (Å²) in [4.78, 5) is 13.7. The Bertz CT molecular complexity index is 369. The van der Waals surface area contributed by atoms with Crippen LogP contribution in [0.2, 0.25) is 0 Å². The lowest BCUT2D eigenvalue weighted by molar-refractivity contribution is 0.584. The van der Waals surface area contributed by atoms with Crippen molar-refractivity contribution in [3.63, 3.8) is 0 Å². The van der Waals surface area contributed by atoms with Gasteiger partial charge in [-0.3, -0.25) is 4.98 Å². The monoisotopic (exact) mass is 233 g/mol. The van der Waals surface area contributed by atoms with Gasteiger partial charge in [0.15, 0.2) is 0 Å². The van der Waals surface area contributed by atoms with Gasteiger partial charge in [0.1, 0.15) is 11.6 Å². The first kappa shape index (κ1) is 10.8. The van der Waals surface area contributed by atoms with Crippen molar-refractivity contribution < 1.29 is 0 Å². The van der Waals surface area contributed by atoms with Crippen LogP contribution in [0.5, 0.6) is 0 Å². The van der Waals surface area contributed by atoms with Gasteiger partial charge in [0.2, 0.25) is 0 Å². The van der Waals surface area contributed by atoms with Crippen LogP contribution in [0.25, 0.3) is 0 Å². The molecule has 3 heterocycles. The Balaban J connectivity index is 1.77. The molecule has 92 valence electrons. The Hall–Kier alpha value is -1.36. The van der Waals surface area contributed by atoms with E-state index < -0.39 is 0 Å². The van der Waals surface area contributed by atoms with Crippen LogP contribution < -0.4 is 15.1 Å². The van der Waals surface area contributed by atoms with Gasteiger partial charge in [-0.1, -0.05) is 0 Å². The topological polar surface area (TPSA) is 44.3 Å². The van der Waals surface area contributed by atoms with Crippen LogP contribution in [-0.4, -0.2) is 49.2 Å². The molecule has 5 nitrogen and oxygen atoms in total. The Morgan fingerprint density at radius 3 is 2.12 bits per heavy atom. The molecule has 2 aliphatic heterocycles. The molecule has 0 aromatic carbocycles. The van der Waals surface area contributed by atoms with Gasteiger partial charge < -0.3 is 15.1 Å². The first-order chi connectivity index (χ1) is 8.43. The minimum atomic E-state index is 1.02. The van der Waals surface area contributed by atoms with Crippen molar-refractivity contribution >= 4 is 11.6 Å². The fourth-order valence-electron chi connectivity index (χ4n) is 2.49. The Kier molecular flexibility index (Phi) is 3.09. The maximum absolute atomic E-state index is 4.74. The van der Waals surface area contributed by atoms with Gasteiger partial charge in [0.05, 0.1) is 12.4 Å². The van der Waals surface area contributed by atoms with Gasteiger partial charge in [-0.05, 0) is 12.8 Å². The molecule has 0 saturated carbocycles. The van der Waals surface area contributed by atoms with E-state index in [0.717, 1.165) is 50.9 Å². The third-order valence-electron chi connectivity index (χ3n) is 3.48. The molecular formula is C12H19N5. The summed E-state index contributed by atoms with van der Waals surface area (Å²) in [5.74, 6) is 2.06. The average molecular weight is 233 g/mol. The van der Waals surface area contributed by atoms with E-state index in [1.165, 1.54) is 12.8 Å². The molecular weight excluding hydrogens is 214 g/mol. The molecule has 1 aromatic rings. The minimum Gasteiger partial charge on any atom is -0.355 e. The van der Waals surface area contributed by atoms with E-state index in [1.807, 2.05) is 12.4 Å². The Morgan fingerprint density at radius 2 is 1.47 bits per heavy atom. The van der Waals surface area contributed by atoms with Gasteiger partial charge in [-0.2, -0.15) is 0 Å². The van der Waals surface area contributed by atoms with Gasteiger partial charge in [0, 0.05) is 39.3 Å². The van der Waals surface area contributed by atoms with E-state index in [9.17, 15) is 0 Å². The first-order valence-corrected chi connectivity index (χ1v) is 6.46. The maximum Gasteiger partial charge on any atom is 0.149 e.